The Morgan fingerprint density at radius 2 is 1.69 bits per heavy atom. The van der Waals surface area contributed by atoms with E-state index >= 15 is 4.39 Å². The number of nitrogen functional groups attached to an aromatic ring is 2. The summed E-state index contributed by atoms with van der Waals surface area (Å²) in [7, 11) is 0. The molecule has 4 aromatic rings. The Morgan fingerprint density at radius 1 is 0.906 bits per heavy atom. The summed E-state index contributed by atoms with van der Waals surface area (Å²) in [6, 6.07) is 11.9. The molecule has 9 heteroatoms. The molecule has 0 saturated heterocycles. The molecule has 0 aliphatic carbocycles. The molecule has 7 nitrogen and oxygen atoms in total. The number of aromatic nitrogens is 3. The summed E-state index contributed by atoms with van der Waals surface area (Å²) in [5.41, 5.74) is 14.6. The normalized spacial score (nSPS) is 12.3. The zero-order valence-corrected chi connectivity index (χ0v) is 16.8. The third-order valence-corrected chi connectivity index (χ3v) is 5.19. The van der Waals surface area contributed by atoms with Gasteiger partial charge in [0.25, 0.3) is 0 Å². The second kappa shape index (κ2) is 7.77. The summed E-state index contributed by atoms with van der Waals surface area (Å²) in [6.45, 7) is 0.757. The molecule has 0 atom stereocenters. The van der Waals surface area contributed by atoms with Gasteiger partial charge in [-0.1, -0.05) is 6.07 Å². The highest BCUT2D eigenvalue weighted by molar-refractivity contribution is 5.88. The minimum absolute atomic E-state index is 0.0360. The van der Waals surface area contributed by atoms with Crippen molar-refractivity contribution in [1.82, 2.24) is 15.0 Å². The summed E-state index contributed by atoms with van der Waals surface area (Å²) >= 11 is 0. The van der Waals surface area contributed by atoms with E-state index in [1.807, 2.05) is 0 Å². The molecule has 1 aliphatic rings. The lowest BCUT2D eigenvalue weighted by atomic mass is 9.99. The first-order valence-corrected chi connectivity index (χ1v) is 9.88. The van der Waals surface area contributed by atoms with Gasteiger partial charge >= 0.3 is 0 Å². The largest absolute Gasteiger partial charge is 0.454 e. The Morgan fingerprint density at radius 3 is 2.47 bits per heavy atom. The van der Waals surface area contributed by atoms with Gasteiger partial charge in [0, 0.05) is 23.9 Å². The Labute approximate surface area is 182 Å². The third kappa shape index (κ3) is 3.53. The first-order valence-electron chi connectivity index (χ1n) is 9.88. The second-order valence-corrected chi connectivity index (χ2v) is 7.26. The van der Waals surface area contributed by atoms with Crippen molar-refractivity contribution in [2.45, 2.75) is 6.42 Å². The topological polar surface area (TPSA) is 112 Å². The van der Waals surface area contributed by atoms with Crippen molar-refractivity contribution >= 4 is 17.6 Å². The van der Waals surface area contributed by atoms with Gasteiger partial charge < -0.3 is 21.5 Å². The summed E-state index contributed by atoms with van der Waals surface area (Å²) in [5.74, 6) is 0.432. The van der Waals surface area contributed by atoms with Crippen LogP contribution in [0.2, 0.25) is 0 Å². The fourth-order valence-electron chi connectivity index (χ4n) is 3.73. The second-order valence-electron chi connectivity index (χ2n) is 7.26. The molecular weight excluding hydrogens is 414 g/mol. The van der Waals surface area contributed by atoms with E-state index in [0.717, 1.165) is 24.3 Å². The van der Waals surface area contributed by atoms with Crippen LogP contribution in [0.15, 0.2) is 54.7 Å². The van der Waals surface area contributed by atoms with Gasteiger partial charge in [-0.15, -0.1) is 0 Å². The molecule has 3 heterocycles. The Kier molecular flexibility index (Phi) is 4.78. The number of hydrogen-bond donors (Lipinski definition) is 3. The lowest BCUT2D eigenvalue weighted by molar-refractivity contribution is 0.439. The van der Waals surface area contributed by atoms with E-state index in [1.165, 1.54) is 24.3 Å². The Bertz CT molecular complexity index is 1330. The number of nitrogens with two attached hydrogens (primary N) is 2. The fraction of sp³-hybridized carbons (Fsp3) is 0.0870. The maximum Gasteiger partial charge on any atom is 0.222 e. The van der Waals surface area contributed by atoms with Crippen LogP contribution in [0.1, 0.15) is 5.56 Å². The predicted octanol–water partition coefficient (Wildman–Crippen LogP) is 4.41. The van der Waals surface area contributed by atoms with Crippen LogP contribution in [-0.2, 0) is 6.42 Å². The number of nitrogens with zero attached hydrogens (tertiary/aromatic N) is 3. The van der Waals surface area contributed by atoms with Gasteiger partial charge in [-0.25, -0.2) is 18.7 Å². The van der Waals surface area contributed by atoms with Crippen molar-refractivity contribution in [2.75, 3.05) is 23.3 Å². The van der Waals surface area contributed by atoms with E-state index < -0.39 is 11.6 Å². The van der Waals surface area contributed by atoms with Gasteiger partial charge in [0.1, 0.15) is 23.2 Å². The van der Waals surface area contributed by atoms with E-state index in [2.05, 4.69) is 20.3 Å². The molecule has 0 fully saturated rings. The van der Waals surface area contributed by atoms with Crippen LogP contribution in [0.25, 0.3) is 22.4 Å². The first-order chi connectivity index (χ1) is 15.5. The van der Waals surface area contributed by atoms with E-state index in [1.54, 1.807) is 30.5 Å². The standard InChI is InChI=1S/C23H18F2N6O/c24-14-4-1-12(2-5-14)20-19(21(26)31-23(27)30-20)13-3-6-18(16(25)11-13)32-17-8-10-29-22-15(17)7-9-28-22/h1-6,8,10-11H,7,9H2,(H,28,29)(H4,26,27,30,31). The minimum atomic E-state index is -0.583. The number of anilines is 3. The van der Waals surface area contributed by atoms with Gasteiger partial charge in [0.05, 0.1) is 11.3 Å². The highest BCUT2D eigenvalue weighted by Crippen LogP contribution is 2.38. The number of halogens is 2. The van der Waals surface area contributed by atoms with Crippen LogP contribution in [-0.4, -0.2) is 21.5 Å². The quantitative estimate of drug-likeness (QED) is 0.438. The smallest absolute Gasteiger partial charge is 0.222 e. The maximum absolute atomic E-state index is 15.1. The van der Waals surface area contributed by atoms with Crippen LogP contribution < -0.4 is 21.5 Å². The number of fused-ring (bicyclic) bond motifs is 1. The molecule has 0 saturated carbocycles. The molecule has 0 bridgehead atoms. The van der Waals surface area contributed by atoms with Crippen LogP contribution in [0.5, 0.6) is 11.5 Å². The Balaban J connectivity index is 1.55. The molecule has 1 aliphatic heterocycles. The van der Waals surface area contributed by atoms with Gasteiger partial charge in [0.15, 0.2) is 11.6 Å². The van der Waals surface area contributed by atoms with E-state index in [0.29, 0.717) is 28.1 Å². The third-order valence-electron chi connectivity index (χ3n) is 5.19. The SMILES string of the molecule is Nc1nc(N)c(-c2ccc(Oc3ccnc4c3CCN4)c(F)c2)c(-c2ccc(F)cc2)n1. The molecule has 160 valence electrons. The molecule has 0 radical (unpaired) electrons. The Hall–Kier alpha value is -4.27. The number of pyridine rings is 1. The van der Waals surface area contributed by atoms with Gasteiger partial charge in [0.2, 0.25) is 5.95 Å². The molecule has 32 heavy (non-hydrogen) atoms. The van der Waals surface area contributed by atoms with E-state index in [9.17, 15) is 4.39 Å². The summed E-state index contributed by atoms with van der Waals surface area (Å²) in [5, 5.41) is 3.16. The van der Waals surface area contributed by atoms with Crippen LogP contribution in [0.4, 0.5) is 26.4 Å². The van der Waals surface area contributed by atoms with Gasteiger partial charge in [-0.2, -0.15) is 4.98 Å². The van der Waals surface area contributed by atoms with E-state index in [4.69, 9.17) is 16.2 Å². The fourth-order valence-corrected chi connectivity index (χ4v) is 3.73. The molecule has 2 aromatic carbocycles. The molecule has 0 unspecified atom stereocenters. The van der Waals surface area contributed by atoms with Gasteiger partial charge in [-0.05, 0) is 54.4 Å². The van der Waals surface area contributed by atoms with E-state index in [-0.39, 0.29) is 17.5 Å². The van der Waals surface area contributed by atoms with Crippen molar-refractivity contribution in [1.29, 1.82) is 0 Å². The van der Waals surface area contributed by atoms with Crippen LogP contribution in [0.3, 0.4) is 0 Å². The molecular formula is C23H18F2N6O. The highest BCUT2D eigenvalue weighted by atomic mass is 19.1. The summed E-state index contributed by atoms with van der Waals surface area (Å²) < 4.78 is 34.3. The average molecular weight is 432 g/mol. The first kappa shape index (κ1) is 19.7. The van der Waals surface area contributed by atoms with Gasteiger partial charge in [-0.3, -0.25) is 0 Å². The summed E-state index contributed by atoms with van der Waals surface area (Å²) in [4.78, 5) is 12.5. The van der Waals surface area contributed by atoms with Crippen molar-refractivity contribution in [3.05, 3.63) is 71.9 Å². The predicted molar refractivity (Wildman–Crippen MR) is 118 cm³/mol. The van der Waals surface area contributed by atoms with Crippen molar-refractivity contribution < 1.29 is 13.5 Å². The lowest BCUT2D eigenvalue weighted by Crippen LogP contribution is -2.05. The number of rotatable bonds is 4. The van der Waals surface area contributed by atoms with Crippen LogP contribution >= 0.6 is 0 Å². The molecule has 0 spiro atoms. The zero-order chi connectivity index (χ0) is 22.2. The van der Waals surface area contributed by atoms with Crippen LogP contribution in [0, 0.1) is 11.6 Å². The van der Waals surface area contributed by atoms with Crippen molar-refractivity contribution in [3.8, 4) is 33.9 Å². The molecule has 2 aromatic heterocycles. The monoisotopic (exact) mass is 432 g/mol. The minimum Gasteiger partial charge on any atom is -0.454 e. The van der Waals surface area contributed by atoms with Crippen molar-refractivity contribution in [3.63, 3.8) is 0 Å². The number of hydrogen-bond acceptors (Lipinski definition) is 7. The number of benzene rings is 2. The summed E-state index contributed by atoms with van der Waals surface area (Å²) in [6.07, 6.45) is 2.36. The zero-order valence-electron chi connectivity index (χ0n) is 16.8. The molecule has 0 amide bonds. The maximum atomic E-state index is 15.1. The lowest BCUT2D eigenvalue weighted by Gasteiger charge is -2.14. The van der Waals surface area contributed by atoms with Crippen molar-refractivity contribution in [2.24, 2.45) is 0 Å². The number of nitrogens with one attached hydrogen (secondary N) is 1. The highest BCUT2D eigenvalue weighted by Gasteiger charge is 2.20. The molecule has 5 N–H and O–H groups in total. The molecule has 5 rings (SSSR count). The average Bonchev–Trinajstić information content (AvgIpc) is 3.25. The number of ether oxygens (including phenoxy) is 1.